The Morgan fingerprint density at radius 2 is 1.89 bits per heavy atom. The van der Waals surface area contributed by atoms with E-state index in [2.05, 4.69) is 38.3 Å². The minimum absolute atomic E-state index is 0.871. The van der Waals surface area contributed by atoms with Gasteiger partial charge in [0.1, 0.15) is 6.20 Å². The summed E-state index contributed by atoms with van der Waals surface area (Å²) in [7, 11) is 0. The van der Waals surface area contributed by atoms with Crippen LogP contribution in [0.2, 0.25) is 0 Å². The van der Waals surface area contributed by atoms with Gasteiger partial charge in [-0.15, -0.1) is 0 Å². The zero-order valence-electron chi connectivity index (χ0n) is 9.55. The summed E-state index contributed by atoms with van der Waals surface area (Å²) in [6.45, 7) is 0. The van der Waals surface area contributed by atoms with Gasteiger partial charge in [-0.1, -0.05) is 30.3 Å². The lowest BCUT2D eigenvalue weighted by Crippen LogP contribution is -2.29. The number of nitrogens with zero attached hydrogens (tertiary/aromatic N) is 2. The van der Waals surface area contributed by atoms with E-state index >= 15 is 0 Å². The first-order valence-corrected chi connectivity index (χ1v) is 6.40. The fourth-order valence-corrected chi connectivity index (χ4v) is 2.17. The lowest BCUT2D eigenvalue weighted by Gasteiger charge is -1.93. The second-order valence-corrected chi connectivity index (χ2v) is 4.85. The molecule has 0 aliphatic heterocycles. The van der Waals surface area contributed by atoms with E-state index in [1.165, 1.54) is 0 Å². The molecule has 0 fully saturated rings. The molecule has 0 saturated carbocycles. The number of pyridine rings is 1. The van der Waals surface area contributed by atoms with Crippen LogP contribution in [0.25, 0.3) is 17.1 Å². The number of hydrogen-bond donors (Lipinski definition) is 1. The van der Waals surface area contributed by atoms with Gasteiger partial charge in [-0.05, 0) is 28.1 Å². The van der Waals surface area contributed by atoms with Gasteiger partial charge in [-0.2, -0.15) is 5.10 Å². The Morgan fingerprint density at radius 1 is 1.06 bits per heavy atom. The van der Waals surface area contributed by atoms with E-state index in [-0.39, 0.29) is 0 Å². The summed E-state index contributed by atoms with van der Waals surface area (Å²) in [5, 5.41) is 7.37. The standard InChI is InChI=1S/C14H11BrN3/c15-12-7-4-8-18(10-12)14-9-13(16-17-14)11-5-2-1-3-6-11/h1-10H,(H,16,17)/q+1. The first kappa shape index (κ1) is 11.2. The van der Waals surface area contributed by atoms with Crippen LogP contribution in [0.3, 0.4) is 0 Å². The van der Waals surface area contributed by atoms with E-state index in [0.29, 0.717) is 0 Å². The molecular weight excluding hydrogens is 290 g/mol. The van der Waals surface area contributed by atoms with Crippen molar-refractivity contribution in [1.82, 2.24) is 10.2 Å². The molecule has 1 aromatic carbocycles. The Hall–Kier alpha value is -1.94. The van der Waals surface area contributed by atoms with E-state index < -0.39 is 0 Å². The molecule has 2 aromatic heterocycles. The number of benzene rings is 1. The lowest BCUT2D eigenvalue weighted by atomic mass is 10.1. The van der Waals surface area contributed by atoms with Gasteiger partial charge in [0.15, 0.2) is 0 Å². The predicted octanol–water partition coefficient (Wildman–Crippen LogP) is 3.12. The number of halogens is 1. The molecule has 0 radical (unpaired) electrons. The molecule has 0 atom stereocenters. The SMILES string of the molecule is Brc1ccc[n+](-c2cc(-c3ccccc3)[nH]n2)c1. The Labute approximate surface area is 113 Å². The maximum atomic E-state index is 4.32. The molecule has 0 saturated heterocycles. The van der Waals surface area contributed by atoms with E-state index in [1.54, 1.807) is 0 Å². The highest BCUT2D eigenvalue weighted by atomic mass is 79.9. The van der Waals surface area contributed by atoms with Crippen LogP contribution in [0.5, 0.6) is 0 Å². The Kier molecular flexibility index (Phi) is 2.94. The summed E-state index contributed by atoms with van der Waals surface area (Å²) in [5.74, 6) is 0.871. The van der Waals surface area contributed by atoms with Crippen molar-refractivity contribution in [2.75, 3.05) is 0 Å². The van der Waals surface area contributed by atoms with Crippen LogP contribution in [-0.2, 0) is 0 Å². The number of H-pyrrole nitrogens is 1. The molecule has 3 aromatic rings. The summed E-state index contributed by atoms with van der Waals surface area (Å²) < 4.78 is 2.99. The van der Waals surface area contributed by atoms with Gasteiger partial charge >= 0.3 is 5.82 Å². The van der Waals surface area contributed by atoms with E-state index in [4.69, 9.17) is 0 Å². The van der Waals surface area contributed by atoms with E-state index in [9.17, 15) is 0 Å². The second kappa shape index (κ2) is 4.74. The largest absolute Gasteiger partial charge is 0.354 e. The molecule has 3 rings (SSSR count). The predicted molar refractivity (Wildman–Crippen MR) is 73.3 cm³/mol. The third-order valence-corrected chi connectivity index (χ3v) is 3.15. The van der Waals surface area contributed by atoms with Crippen LogP contribution in [-0.4, -0.2) is 10.2 Å². The quantitative estimate of drug-likeness (QED) is 0.725. The van der Waals surface area contributed by atoms with Gasteiger partial charge in [0.25, 0.3) is 0 Å². The molecule has 2 heterocycles. The van der Waals surface area contributed by atoms with Gasteiger partial charge in [-0.25, -0.2) is 4.57 Å². The number of aromatic amines is 1. The van der Waals surface area contributed by atoms with Crippen LogP contribution >= 0.6 is 15.9 Å². The van der Waals surface area contributed by atoms with Crippen molar-refractivity contribution >= 4 is 15.9 Å². The van der Waals surface area contributed by atoms with Crippen molar-refractivity contribution < 1.29 is 4.57 Å². The summed E-state index contributed by atoms with van der Waals surface area (Å²) in [6.07, 6.45) is 3.95. The Balaban J connectivity index is 2.00. The molecule has 0 aliphatic carbocycles. The van der Waals surface area contributed by atoms with Crippen LogP contribution < -0.4 is 4.57 Å². The fraction of sp³-hybridized carbons (Fsp3) is 0. The third kappa shape index (κ3) is 2.19. The van der Waals surface area contributed by atoms with Crippen LogP contribution in [0.1, 0.15) is 0 Å². The zero-order chi connectivity index (χ0) is 12.4. The van der Waals surface area contributed by atoms with Crippen molar-refractivity contribution in [3.8, 4) is 17.1 Å². The molecule has 0 amide bonds. The Bertz CT molecular complexity index is 662. The first-order valence-electron chi connectivity index (χ1n) is 5.61. The average Bonchev–Trinajstić information content (AvgIpc) is 2.89. The Morgan fingerprint density at radius 3 is 2.67 bits per heavy atom. The molecule has 1 N–H and O–H groups in total. The van der Waals surface area contributed by atoms with Crippen molar-refractivity contribution in [2.24, 2.45) is 0 Å². The highest BCUT2D eigenvalue weighted by Gasteiger charge is 2.12. The van der Waals surface area contributed by atoms with Crippen molar-refractivity contribution in [2.45, 2.75) is 0 Å². The zero-order valence-corrected chi connectivity index (χ0v) is 11.1. The monoisotopic (exact) mass is 300 g/mol. The van der Waals surface area contributed by atoms with Crippen LogP contribution in [0.15, 0.2) is 65.4 Å². The van der Waals surface area contributed by atoms with Crippen LogP contribution in [0, 0.1) is 0 Å². The van der Waals surface area contributed by atoms with Gasteiger partial charge in [-0.3, -0.25) is 0 Å². The average molecular weight is 301 g/mol. The van der Waals surface area contributed by atoms with Crippen molar-refractivity contribution in [3.05, 3.63) is 65.4 Å². The first-order chi connectivity index (χ1) is 8.83. The third-order valence-electron chi connectivity index (χ3n) is 2.68. The van der Waals surface area contributed by atoms with Crippen molar-refractivity contribution in [1.29, 1.82) is 0 Å². The topological polar surface area (TPSA) is 32.6 Å². The maximum absolute atomic E-state index is 4.32. The minimum Gasteiger partial charge on any atom is -0.200 e. The van der Waals surface area contributed by atoms with E-state index in [0.717, 1.165) is 21.5 Å². The second-order valence-electron chi connectivity index (χ2n) is 3.94. The molecule has 0 unspecified atom stereocenters. The number of rotatable bonds is 2. The summed E-state index contributed by atoms with van der Waals surface area (Å²) >= 11 is 3.45. The number of nitrogens with one attached hydrogen (secondary N) is 1. The molecule has 88 valence electrons. The van der Waals surface area contributed by atoms with Crippen molar-refractivity contribution in [3.63, 3.8) is 0 Å². The molecule has 4 heteroatoms. The molecule has 18 heavy (non-hydrogen) atoms. The highest BCUT2D eigenvalue weighted by Crippen LogP contribution is 2.17. The molecule has 3 nitrogen and oxygen atoms in total. The lowest BCUT2D eigenvalue weighted by molar-refractivity contribution is -0.600. The minimum atomic E-state index is 0.871. The summed E-state index contributed by atoms with van der Waals surface area (Å²) in [5.41, 5.74) is 2.14. The fourth-order valence-electron chi connectivity index (χ4n) is 1.80. The maximum Gasteiger partial charge on any atom is 0.354 e. The number of aromatic nitrogens is 3. The molecule has 0 spiro atoms. The molecule has 0 aliphatic rings. The molecule has 0 bridgehead atoms. The van der Waals surface area contributed by atoms with Gasteiger partial charge in [0.2, 0.25) is 0 Å². The summed E-state index contributed by atoms with van der Waals surface area (Å²) in [6, 6.07) is 16.1. The normalized spacial score (nSPS) is 10.5. The van der Waals surface area contributed by atoms with Gasteiger partial charge in [0.05, 0.1) is 27.5 Å². The molecular formula is C14H11BrN3+. The van der Waals surface area contributed by atoms with E-state index in [1.807, 2.05) is 53.4 Å². The van der Waals surface area contributed by atoms with Gasteiger partial charge in [0, 0.05) is 5.56 Å². The smallest absolute Gasteiger partial charge is 0.200 e. The van der Waals surface area contributed by atoms with Crippen LogP contribution in [0.4, 0.5) is 0 Å². The summed E-state index contributed by atoms with van der Waals surface area (Å²) in [4.78, 5) is 0. The highest BCUT2D eigenvalue weighted by molar-refractivity contribution is 9.10. The van der Waals surface area contributed by atoms with Gasteiger partial charge < -0.3 is 0 Å². The number of hydrogen-bond acceptors (Lipinski definition) is 1.